The van der Waals surface area contributed by atoms with E-state index in [1.165, 1.54) is 0 Å². The summed E-state index contributed by atoms with van der Waals surface area (Å²) in [6.45, 7) is 13.4. The van der Waals surface area contributed by atoms with Crippen LogP contribution in [0.4, 0.5) is 0 Å². The van der Waals surface area contributed by atoms with Gasteiger partial charge < -0.3 is 16.4 Å². The molecule has 0 radical (unpaired) electrons. The lowest BCUT2D eigenvalue weighted by atomic mass is 9.81. The Balaban J connectivity index is 2.35. The minimum absolute atomic E-state index is 0.0814. The molecule has 0 spiro atoms. The average Bonchev–Trinajstić information content (AvgIpc) is 2.54. The van der Waals surface area contributed by atoms with E-state index in [4.69, 9.17) is 5.73 Å². The molecule has 25 heavy (non-hydrogen) atoms. The molecule has 6 nitrogen and oxygen atoms in total. The highest BCUT2D eigenvalue weighted by Gasteiger charge is 2.33. The predicted molar refractivity (Wildman–Crippen MR) is 102 cm³/mol. The van der Waals surface area contributed by atoms with Crippen LogP contribution < -0.4 is 16.4 Å². The van der Waals surface area contributed by atoms with E-state index >= 15 is 0 Å². The zero-order chi connectivity index (χ0) is 19.1. The van der Waals surface area contributed by atoms with Gasteiger partial charge in [-0.25, -0.2) is 0 Å². The van der Waals surface area contributed by atoms with Gasteiger partial charge in [0, 0.05) is 18.6 Å². The molecule has 146 valence electrons. The van der Waals surface area contributed by atoms with E-state index in [2.05, 4.69) is 15.5 Å². The number of amides is 2. The number of nitrogens with zero attached hydrogens (tertiary/aromatic N) is 1. The molecule has 1 aliphatic heterocycles. The van der Waals surface area contributed by atoms with Crippen molar-refractivity contribution >= 4 is 11.8 Å². The number of carbonyl (C=O) groups is 2. The van der Waals surface area contributed by atoms with E-state index in [1.807, 2.05) is 34.6 Å². The molecule has 1 saturated heterocycles. The van der Waals surface area contributed by atoms with Crippen molar-refractivity contribution in [3.63, 3.8) is 0 Å². The zero-order valence-electron chi connectivity index (χ0n) is 16.8. The molecule has 0 unspecified atom stereocenters. The SMILES string of the molecule is CCC(CC)(CN)C(=O)NCC1CCN(CC(=O)NC(C)(C)C)CC1. The van der Waals surface area contributed by atoms with Crippen molar-refractivity contribution in [2.45, 2.75) is 65.8 Å². The molecule has 0 aromatic carbocycles. The summed E-state index contributed by atoms with van der Waals surface area (Å²) in [4.78, 5) is 26.7. The molecule has 0 aromatic rings. The third kappa shape index (κ3) is 6.94. The van der Waals surface area contributed by atoms with Crippen LogP contribution in [0.15, 0.2) is 0 Å². The molecule has 0 aromatic heterocycles. The first kappa shape index (κ1) is 21.9. The summed E-state index contributed by atoms with van der Waals surface area (Å²) in [6, 6.07) is 0. The minimum Gasteiger partial charge on any atom is -0.355 e. The second-order valence-corrected chi connectivity index (χ2v) is 8.42. The molecule has 1 rings (SSSR count). The lowest BCUT2D eigenvalue weighted by Gasteiger charge is -2.34. The van der Waals surface area contributed by atoms with E-state index in [1.54, 1.807) is 0 Å². The van der Waals surface area contributed by atoms with Crippen LogP contribution in [0.3, 0.4) is 0 Å². The Labute approximate surface area is 153 Å². The number of hydrogen-bond donors (Lipinski definition) is 3. The van der Waals surface area contributed by atoms with E-state index < -0.39 is 5.41 Å². The Kier molecular flexibility index (Phi) is 8.35. The van der Waals surface area contributed by atoms with Gasteiger partial charge in [0.1, 0.15) is 0 Å². The van der Waals surface area contributed by atoms with Crippen molar-refractivity contribution in [3.05, 3.63) is 0 Å². The highest BCUT2D eigenvalue weighted by molar-refractivity contribution is 5.82. The van der Waals surface area contributed by atoms with Crippen molar-refractivity contribution in [1.82, 2.24) is 15.5 Å². The van der Waals surface area contributed by atoms with Crippen molar-refractivity contribution in [1.29, 1.82) is 0 Å². The summed E-state index contributed by atoms with van der Waals surface area (Å²) in [5.74, 6) is 0.653. The smallest absolute Gasteiger partial charge is 0.234 e. The molecule has 0 aliphatic carbocycles. The Morgan fingerprint density at radius 2 is 1.68 bits per heavy atom. The number of nitrogens with two attached hydrogens (primary N) is 1. The lowest BCUT2D eigenvalue weighted by Crippen LogP contribution is -2.49. The fourth-order valence-corrected chi connectivity index (χ4v) is 3.39. The fraction of sp³-hybridized carbons (Fsp3) is 0.895. The van der Waals surface area contributed by atoms with Gasteiger partial charge in [-0.05, 0) is 65.5 Å². The van der Waals surface area contributed by atoms with Crippen LogP contribution in [0.2, 0.25) is 0 Å². The summed E-state index contributed by atoms with van der Waals surface area (Å²) in [5.41, 5.74) is 5.23. The molecule has 6 heteroatoms. The molecule has 1 heterocycles. The van der Waals surface area contributed by atoms with Gasteiger partial charge in [-0.3, -0.25) is 14.5 Å². The zero-order valence-corrected chi connectivity index (χ0v) is 16.8. The molecule has 2 amide bonds. The Bertz CT molecular complexity index is 425. The van der Waals surface area contributed by atoms with Crippen LogP contribution in [0.1, 0.15) is 60.3 Å². The number of hydrogen-bond acceptors (Lipinski definition) is 4. The molecule has 0 saturated carbocycles. The Morgan fingerprint density at radius 1 is 1.12 bits per heavy atom. The number of nitrogens with one attached hydrogen (secondary N) is 2. The lowest BCUT2D eigenvalue weighted by molar-refractivity contribution is -0.131. The summed E-state index contributed by atoms with van der Waals surface area (Å²) in [6.07, 6.45) is 3.56. The van der Waals surface area contributed by atoms with Crippen LogP contribution in [0.5, 0.6) is 0 Å². The normalized spacial score (nSPS) is 17.4. The first-order chi connectivity index (χ1) is 11.7. The molecule has 0 bridgehead atoms. The molecular weight excluding hydrogens is 316 g/mol. The molecule has 1 aliphatic rings. The fourth-order valence-electron chi connectivity index (χ4n) is 3.39. The summed E-state index contributed by atoms with van der Waals surface area (Å²) >= 11 is 0. The standard InChI is InChI=1S/C19H38N4O2/c1-6-19(7-2,14-20)17(25)21-12-15-8-10-23(11-9-15)13-16(24)22-18(3,4)5/h15H,6-14,20H2,1-5H3,(H,21,25)(H,22,24). The van der Waals surface area contributed by atoms with Crippen molar-refractivity contribution in [2.24, 2.45) is 17.1 Å². The maximum Gasteiger partial charge on any atom is 0.234 e. The largest absolute Gasteiger partial charge is 0.355 e. The highest BCUT2D eigenvalue weighted by atomic mass is 16.2. The summed E-state index contributed by atoms with van der Waals surface area (Å²) in [7, 11) is 0. The average molecular weight is 355 g/mol. The summed E-state index contributed by atoms with van der Waals surface area (Å²) in [5, 5.41) is 6.12. The van der Waals surface area contributed by atoms with Gasteiger partial charge in [-0.1, -0.05) is 13.8 Å². The van der Waals surface area contributed by atoms with Gasteiger partial charge in [0.15, 0.2) is 0 Å². The molecular formula is C19H38N4O2. The van der Waals surface area contributed by atoms with E-state index in [0.717, 1.165) is 38.8 Å². The number of piperidine rings is 1. The van der Waals surface area contributed by atoms with Crippen molar-refractivity contribution < 1.29 is 9.59 Å². The van der Waals surface area contributed by atoms with Gasteiger partial charge >= 0.3 is 0 Å². The first-order valence-corrected chi connectivity index (χ1v) is 9.67. The van der Waals surface area contributed by atoms with Crippen molar-refractivity contribution in [3.8, 4) is 0 Å². The van der Waals surface area contributed by atoms with Crippen LogP contribution in [-0.4, -0.2) is 55.0 Å². The molecule has 0 atom stereocenters. The van der Waals surface area contributed by atoms with Crippen molar-refractivity contribution in [2.75, 3.05) is 32.7 Å². The van der Waals surface area contributed by atoms with Crippen LogP contribution in [0.25, 0.3) is 0 Å². The van der Waals surface area contributed by atoms with Crippen LogP contribution >= 0.6 is 0 Å². The second-order valence-electron chi connectivity index (χ2n) is 8.42. The minimum atomic E-state index is -0.425. The van der Waals surface area contributed by atoms with E-state index in [0.29, 0.717) is 25.6 Å². The molecule has 4 N–H and O–H groups in total. The van der Waals surface area contributed by atoms with E-state index in [-0.39, 0.29) is 17.4 Å². The topological polar surface area (TPSA) is 87.5 Å². The predicted octanol–water partition coefficient (Wildman–Crippen LogP) is 1.49. The Hall–Kier alpha value is -1.14. The summed E-state index contributed by atoms with van der Waals surface area (Å²) < 4.78 is 0. The first-order valence-electron chi connectivity index (χ1n) is 9.67. The number of carbonyl (C=O) groups excluding carboxylic acids is 2. The Morgan fingerprint density at radius 3 is 2.12 bits per heavy atom. The number of rotatable bonds is 8. The maximum atomic E-state index is 12.5. The van der Waals surface area contributed by atoms with Gasteiger partial charge in [0.25, 0.3) is 0 Å². The van der Waals surface area contributed by atoms with Gasteiger partial charge in [-0.15, -0.1) is 0 Å². The maximum absolute atomic E-state index is 12.5. The van der Waals surface area contributed by atoms with Gasteiger partial charge in [0.05, 0.1) is 12.0 Å². The molecule has 1 fully saturated rings. The third-order valence-corrected chi connectivity index (χ3v) is 5.37. The van der Waals surface area contributed by atoms with Crippen LogP contribution in [0, 0.1) is 11.3 Å². The van der Waals surface area contributed by atoms with Crippen LogP contribution in [-0.2, 0) is 9.59 Å². The highest BCUT2D eigenvalue weighted by Crippen LogP contribution is 2.25. The second kappa shape index (κ2) is 9.53. The van der Waals surface area contributed by atoms with Gasteiger partial charge in [0.2, 0.25) is 11.8 Å². The van der Waals surface area contributed by atoms with E-state index in [9.17, 15) is 9.59 Å². The quantitative estimate of drug-likeness (QED) is 0.616. The monoisotopic (exact) mass is 354 g/mol. The third-order valence-electron chi connectivity index (χ3n) is 5.37. The number of likely N-dealkylation sites (tertiary alicyclic amines) is 1. The van der Waals surface area contributed by atoms with Gasteiger partial charge in [-0.2, -0.15) is 0 Å².